The van der Waals surface area contributed by atoms with Crippen LogP contribution in [0.3, 0.4) is 0 Å². The van der Waals surface area contributed by atoms with Gasteiger partial charge in [0.15, 0.2) is 5.78 Å². The Labute approximate surface area is 183 Å². The predicted molar refractivity (Wildman–Crippen MR) is 121 cm³/mol. The first-order chi connectivity index (χ1) is 14.6. The first-order valence-electron chi connectivity index (χ1n) is 9.99. The molecule has 2 unspecified atom stereocenters. The first kappa shape index (κ1) is 19.1. The van der Waals surface area contributed by atoms with Gasteiger partial charge in [0.2, 0.25) is 0 Å². The van der Waals surface area contributed by atoms with E-state index in [9.17, 15) is 9.18 Å². The number of benzene rings is 3. The lowest BCUT2D eigenvalue weighted by Gasteiger charge is -2.30. The highest BCUT2D eigenvalue weighted by Gasteiger charge is 2.36. The lowest BCUT2D eigenvalue weighted by atomic mass is 9.78. The Balaban J connectivity index is 1.65. The highest BCUT2D eigenvalue weighted by atomic mass is 79.9. The van der Waals surface area contributed by atoms with Crippen molar-refractivity contribution in [1.29, 1.82) is 0 Å². The van der Waals surface area contributed by atoms with Crippen molar-refractivity contribution in [3.05, 3.63) is 105 Å². The number of allylic oxidation sites excluding steroid dienone is 1. The summed E-state index contributed by atoms with van der Waals surface area (Å²) in [6.07, 6.45) is 1.11. The van der Waals surface area contributed by atoms with Gasteiger partial charge in [-0.25, -0.2) is 4.39 Å². The zero-order chi connectivity index (χ0) is 20.7. The highest BCUT2D eigenvalue weighted by Crippen LogP contribution is 2.44. The maximum absolute atomic E-state index is 14.9. The fourth-order valence-corrected chi connectivity index (χ4v) is 4.80. The van der Waals surface area contributed by atoms with Crippen LogP contribution in [0.4, 0.5) is 15.8 Å². The number of carbonyl (C=O) groups is 1. The molecule has 30 heavy (non-hydrogen) atoms. The summed E-state index contributed by atoms with van der Waals surface area (Å²) in [5.41, 5.74) is 4.83. The van der Waals surface area contributed by atoms with E-state index in [1.807, 2.05) is 42.5 Å². The summed E-state index contributed by atoms with van der Waals surface area (Å²) in [4.78, 5) is 13.4. The molecule has 0 bridgehead atoms. The molecular weight excluding hydrogens is 443 g/mol. The molecular formula is C25H20BrFN2O. The number of rotatable bonds is 2. The van der Waals surface area contributed by atoms with Crippen molar-refractivity contribution in [3.63, 3.8) is 0 Å². The molecule has 0 amide bonds. The number of halogens is 2. The molecule has 3 aromatic carbocycles. The Bertz CT molecular complexity index is 1160. The molecule has 3 nitrogen and oxygen atoms in total. The van der Waals surface area contributed by atoms with E-state index in [1.54, 1.807) is 12.1 Å². The fraction of sp³-hybridized carbons (Fsp3) is 0.160. The molecule has 0 fully saturated rings. The molecule has 0 spiro atoms. The number of carbonyl (C=O) groups excluding carboxylic acids is 1. The maximum Gasteiger partial charge on any atom is 0.163 e. The van der Waals surface area contributed by atoms with Crippen LogP contribution in [0.2, 0.25) is 0 Å². The molecule has 0 saturated heterocycles. The second-order valence-electron chi connectivity index (χ2n) is 7.75. The lowest BCUT2D eigenvalue weighted by molar-refractivity contribution is -0.116. The largest absolute Gasteiger partial charge is 0.372 e. The van der Waals surface area contributed by atoms with Crippen LogP contribution >= 0.6 is 15.9 Å². The molecule has 2 atom stereocenters. The van der Waals surface area contributed by atoms with Gasteiger partial charge in [-0.1, -0.05) is 58.4 Å². The van der Waals surface area contributed by atoms with Gasteiger partial charge in [-0.2, -0.15) is 0 Å². The summed E-state index contributed by atoms with van der Waals surface area (Å²) in [6, 6.07) is 22.2. The molecule has 3 aromatic rings. The van der Waals surface area contributed by atoms with Crippen LogP contribution in [-0.4, -0.2) is 5.78 Å². The van der Waals surface area contributed by atoms with Crippen LogP contribution < -0.4 is 10.6 Å². The van der Waals surface area contributed by atoms with E-state index in [4.69, 9.17) is 0 Å². The summed E-state index contributed by atoms with van der Waals surface area (Å²) in [6.45, 7) is 0. The van der Waals surface area contributed by atoms with Gasteiger partial charge in [0.1, 0.15) is 5.82 Å². The van der Waals surface area contributed by atoms with Crippen molar-refractivity contribution in [2.24, 2.45) is 0 Å². The summed E-state index contributed by atoms with van der Waals surface area (Å²) in [5.74, 6) is -0.189. The number of hydrogen-bond donors (Lipinski definition) is 2. The first-order valence-corrected chi connectivity index (χ1v) is 10.8. The monoisotopic (exact) mass is 462 g/mol. The average molecular weight is 463 g/mol. The fourth-order valence-electron chi connectivity index (χ4n) is 4.42. The third-order valence-electron chi connectivity index (χ3n) is 5.85. The molecule has 1 aliphatic heterocycles. The molecule has 2 aliphatic rings. The molecule has 150 valence electrons. The minimum Gasteiger partial charge on any atom is -0.372 e. The summed E-state index contributed by atoms with van der Waals surface area (Å²) in [7, 11) is 0. The number of nitrogens with one attached hydrogen (secondary N) is 2. The van der Waals surface area contributed by atoms with E-state index in [-0.39, 0.29) is 17.5 Å². The summed E-state index contributed by atoms with van der Waals surface area (Å²) in [5, 5.41) is 6.91. The number of anilines is 2. The van der Waals surface area contributed by atoms with Crippen molar-refractivity contribution in [2.45, 2.75) is 24.8 Å². The minimum absolute atomic E-state index is 0.0438. The summed E-state index contributed by atoms with van der Waals surface area (Å²) < 4.78 is 15.7. The molecule has 0 saturated carbocycles. The Morgan fingerprint density at radius 1 is 0.900 bits per heavy atom. The van der Waals surface area contributed by atoms with Crippen molar-refractivity contribution >= 4 is 33.1 Å². The molecule has 2 N–H and O–H groups in total. The van der Waals surface area contributed by atoms with Crippen LogP contribution in [0, 0.1) is 5.82 Å². The van der Waals surface area contributed by atoms with Gasteiger partial charge in [-0.15, -0.1) is 0 Å². The minimum atomic E-state index is -0.558. The quantitative estimate of drug-likeness (QED) is 0.452. The number of fused-ring (bicyclic) bond motifs is 1. The molecule has 5 heteroatoms. The van der Waals surface area contributed by atoms with Gasteiger partial charge in [0.25, 0.3) is 0 Å². The highest BCUT2D eigenvalue weighted by molar-refractivity contribution is 9.10. The SMILES string of the molecule is O=C1CC(c2ccccc2)CC2=C1C(c1cc(Br)ccc1F)Nc1ccccc1N2. The maximum atomic E-state index is 14.9. The van der Waals surface area contributed by atoms with Gasteiger partial charge < -0.3 is 10.6 Å². The Hall–Kier alpha value is -2.92. The van der Waals surface area contributed by atoms with Crippen molar-refractivity contribution < 1.29 is 9.18 Å². The second-order valence-corrected chi connectivity index (χ2v) is 8.66. The number of Topliss-reactive ketones (excluding diaryl/α,β-unsaturated/α-hetero) is 1. The summed E-state index contributed by atoms with van der Waals surface area (Å²) >= 11 is 3.45. The third kappa shape index (κ3) is 3.43. The Kier molecular flexibility index (Phi) is 4.91. The van der Waals surface area contributed by atoms with Gasteiger partial charge in [-0.05, 0) is 48.2 Å². The topological polar surface area (TPSA) is 41.1 Å². The standard InChI is InChI=1S/C25H20BrFN2O/c26-17-10-11-19(27)18(14-17)25-24-22(28-20-8-4-5-9-21(20)29-25)12-16(13-23(24)30)15-6-2-1-3-7-15/h1-11,14,16,25,28-29H,12-13H2. The van der Waals surface area contributed by atoms with E-state index in [0.29, 0.717) is 24.0 Å². The van der Waals surface area contributed by atoms with Crippen molar-refractivity contribution in [1.82, 2.24) is 0 Å². The van der Waals surface area contributed by atoms with E-state index in [2.05, 4.69) is 38.7 Å². The molecule has 1 heterocycles. The van der Waals surface area contributed by atoms with Gasteiger partial charge >= 0.3 is 0 Å². The van der Waals surface area contributed by atoms with Crippen molar-refractivity contribution in [3.8, 4) is 0 Å². The van der Waals surface area contributed by atoms with E-state index in [0.717, 1.165) is 27.1 Å². The van der Waals surface area contributed by atoms with Crippen LogP contribution in [0.25, 0.3) is 0 Å². The van der Waals surface area contributed by atoms with Crippen LogP contribution in [0.5, 0.6) is 0 Å². The lowest BCUT2D eigenvalue weighted by Crippen LogP contribution is -2.27. The van der Waals surface area contributed by atoms with Crippen molar-refractivity contribution in [2.75, 3.05) is 10.6 Å². The van der Waals surface area contributed by atoms with E-state index < -0.39 is 6.04 Å². The zero-order valence-electron chi connectivity index (χ0n) is 16.2. The predicted octanol–water partition coefficient (Wildman–Crippen LogP) is 6.57. The smallest absolute Gasteiger partial charge is 0.163 e. The van der Waals surface area contributed by atoms with Gasteiger partial charge in [-0.3, -0.25) is 4.79 Å². The van der Waals surface area contributed by atoms with Gasteiger partial charge in [0.05, 0.1) is 17.4 Å². The molecule has 5 rings (SSSR count). The second kappa shape index (κ2) is 7.73. The number of hydrogen-bond acceptors (Lipinski definition) is 3. The Morgan fingerprint density at radius 3 is 2.43 bits per heavy atom. The molecule has 1 aliphatic carbocycles. The van der Waals surface area contributed by atoms with Crippen LogP contribution in [0.15, 0.2) is 88.5 Å². The van der Waals surface area contributed by atoms with E-state index >= 15 is 0 Å². The average Bonchev–Trinajstić information content (AvgIpc) is 2.93. The third-order valence-corrected chi connectivity index (χ3v) is 6.34. The van der Waals surface area contributed by atoms with Gasteiger partial charge in [0, 0.05) is 27.7 Å². The normalized spacial score (nSPS) is 20.5. The van der Waals surface area contributed by atoms with E-state index in [1.165, 1.54) is 6.07 Å². The molecule has 0 radical (unpaired) electrons. The zero-order valence-corrected chi connectivity index (χ0v) is 17.7. The number of ketones is 1. The molecule has 0 aromatic heterocycles. The van der Waals surface area contributed by atoms with Crippen LogP contribution in [0.1, 0.15) is 35.9 Å². The number of para-hydroxylation sites is 2. The Morgan fingerprint density at radius 2 is 1.63 bits per heavy atom. The van der Waals surface area contributed by atoms with Crippen LogP contribution in [-0.2, 0) is 4.79 Å².